The Morgan fingerprint density at radius 1 is 1.00 bits per heavy atom. The van der Waals surface area contributed by atoms with Gasteiger partial charge in [-0.15, -0.1) is 0 Å². The molecule has 0 aliphatic carbocycles. The lowest BCUT2D eigenvalue weighted by Crippen LogP contribution is -2.20. The van der Waals surface area contributed by atoms with Crippen molar-refractivity contribution in [3.05, 3.63) is 29.8 Å². The third-order valence-electron chi connectivity index (χ3n) is 2.36. The van der Waals surface area contributed by atoms with Crippen LogP contribution in [0.2, 0.25) is 0 Å². The molecule has 1 aromatic rings. The molecule has 1 aliphatic rings. The van der Waals surface area contributed by atoms with Crippen LogP contribution < -0.4 is 4.90 Å². The predicted molar refractivity (Wildman–Crippen MR) is 47.8 cm³/mol. The Kier molecular flexibility index (Phi) is 2.17. The van der Waals surface area contributed by atoms with E-state index in [1.165, 1.54) is 18.2 Å². The summed E-state index contributed by atoms with van der Waals surface area (Å²) in [5, 5.41) is 0. The molecule has 0 atom stereocenters. The molecule has 0 spiro atoms. The van der Waals surface area contributed by atoms with Crippen LogP contribution in [0.15, 0.2) is 18.2 Å². The van der Waals surface area contributed by atoms with Crippen LogP contribution in [0, 0.1) is 11.6 Å². The summed E-state index contributed by atoms with van der Waals surface area (Å²) in [5.41, 5.74) is 0.139. The first kappa shape index (κ1) is 8.48. The summed E-state index contributed by atoms with van der Waals surface area (Å²) in [4.78, 5) is 1.77. The van der Waals surface area contributed by atoms with Crippen LogP contribution >= 0.6 is 0 Å². The highest BCUT2D eigenvalue weighted by molar-refractivity contribution is 5.49. The van der Waals surface area contributed by atoms with Crippen molar-refractivity contribution < 1.29 is 8.78 Å². The summed E-state index contributed by atoms with van der Waals surface area (Å²) in [6.45, 7) is 1.52. The van der Waals surface area contributed by atoms with Crippen molar-refractivity contribution in [2.75, 3.05) is 18.0 Å². The molecular formula is C10H11F2N. The third-order valence-corrected chi connectivity index (χ3v) is 2.36. The fraction of sp³-hybridized carbons (Fsp3) is 0.400. The zero-order chi connectivity index (χ0) is 9.26. The van der Waals surface area contributed by atoms with Crippen LogP contribution in [-0.4, -0.2) is 13.1 Å². The number of hydrogen-bond donors (Lipinski definition) is 0. The molecule has 0 bridgehead atoms. The van der Waals surface area contributed by atoms with Gasteiger partial charge in [0.1, 0.15) is 17.3 Å². The van der Waals surface area contributed by atoms with Gasteiger partial charge in [0.2, 0.25) is 0 Å². The number of anilines is 1. The zero-order valence-corrected chi connectivity index (χ0v) is 7.26. The SMILES string of the molecule is Fc1cccc(F)c1N1CCCC1. The molecule has 0 aromatic heterocycles. The molecule has 1 aliphatic heterocycles. The molecular weight excluding hydrogens is 172 g/mol. The Morgan fingerprint density at radius 3 is 2.08 bits per heavy atom. The van der Waals surface area contributed by atoms with Crippen LogP contribution in [0.4, 0.5) is 14.5 Å². The monoisotopic (exact) mass is 183 g/mol. The van der Waals surface area contributed by atoms with Gasteiger partial charge in [-0.3, -0.25) is 0 Å². The standard InChI is InChI=1S/C10H11F2N/c11-8-4-3-5-9(12)10(8)13-6-1-2-7-13/h3-5H,1-2,6-7H2. The summed E-state index contributed by atoms with van der Waals surface area (Å²) in [6.07, 6.45) is 2.04. The second kappa shape index (κ2) is 3.32. The number of hydrogen-bond acceptors (Lipinski definition) is 1. The van der Waals surface area contributed by atoms with Crippen molar-refractivity contribution in [2.24, 2.45) is 0 Å². The van der Waals surface area contributed by atoms with Gasteiger partial charge >= 0.3 is 0 Å². The summed E-state index contributed by atoms with van der Waals surface area (Å²) < 4.78 is 26.4. The Bertz CT molecular complexity index is 286. The molecule has 1 heterocycles. The molecule has 0 amide bonds. The summed E-state index contributed by atoms with van der Waals surface area (Å²) in [5.74, 6) is -0.913. The van der Waals surface area contributed by atoms with Crippen molar-refractivity contribution in [3.8, 4) is 0 Å². The fourth-order valence-electron chi connectivity index (χ4n) is 1.73. The molecule has 13 heavy (non-hydrogen) atoms. The highest BCUT2D eigenvalue weighted by Crippen LogP contribution is 2.26. The Morgan fingerprint density at radius 2 is 1.54 bits per heavy atom. The molecule has 70 valence electrons. The smallest absolute Gasteiger partial charge is 0.149 e. The van der Waals surface area contributed by atoms with Crippen molar-refractivity contribution in [1.29, 1.82) is 0 Å². The van der Waals surface area contributed by atoms with Gasteiger partial charge in [0.25, 0.3) is 0 Å². The van der Waals surface area contributed by atoms with E-state index in [0.29, 0.717) is 0 Å². The predicted octanol–water partition coefficient (Wildman–Crippen LogP) is 2.57. The van der Waals surface area contributed by atoms with Gasteiger partial charge in [0.05, 0.1) is 0 Å². The van der Waals surface area contributed by atoms with Crippen molar-refractivity contribution in [1.82, 2.24) is 0 Å². The summed E-state index contributed by atoms with van der Waals surface area (Å²) >= 11 is 0. The first-order valence-electron chi connectivity index (χ1n) is 4.48. The molecule has 0 N–H and O–H groups in total. The molecule has 1 saturated heterocycles. The summed E-state index contributed by atoms with van der Waals surface area (Å²) in [7, 11) is 0. The Balaban J connectivity index is 2.37. The fourth-order valence-corrected chi connectivity index (χ4v) is 1.73. The van der Waals surface area contributed by atoms with Crippen molar-refractivity contribution >= 4 is 5.69 Å². The lowest BCUT2D eigenvalue weighted by Gasteiger charge is -2.18. The quantitative estimate of drug-likeness (QED) is 0.646. The van der Waals surface area contributed by atoms with E-state index in [4.69, 9.17) is 0 Å². The first-order chi connectivity index (χ1) is 6.29. The second-order valence-corrected chi connectivity index (χ2v) is 3.26. The number of benzene rings is 1. The Labute approximate surface area is 76.0 Å². The number of nitrogens with zero attached hydrogens (tertiary/aromatic N) is 1. The van der Waals surface area contributed by atoms with Crippen LogP contribution in [0.1, 0.15) is 12.8 Å². The van der Waals surface area contributed by atoms with E-state index in [9.17, 15) is 8.78 Å². The van der Waals surface area contributed by atoms with E-state index in [0.717, 1.165) is 25.9 Å². The molecule has 1 fully saturated rings. The molecule has 2 rings (SSSR count). The van der Waals surface area contributed by atoms with Gasteiger partial charge in [-0.05, 0) is 25.0 Å². The van der Waals surface area contributed by atoms with E-state index in [1.54, 1.807) is 4.90 Å². The first-order valence-corrected chi connectivity index (χ1v) is 4.48. The van der Waals surface area contributed by atoms with Crippen molar-refractivity contribution in [3.63, 3.8) is 0 Å². The van der Waals surface area contributed by atoms with Gasteiger partial charge in [0, 0.05) is 13.1 Å². The molecule has 3 heteroatoms. The van der Waals surface area contributed by atoms with E-state index >= 15 is 0 Å². The second-order valence-electron chi connectivity index (χ2n) is 3.26. The van der Waals surface area contributed by atoms with Crippen LogP contribution in [-0.2, 0) is 0 Å². The maximum Gasteiger partial charge on any atom is 0.149 e. The number of para-hydroxylation sites is 1. The zero-order valence-electron chi connectivity index (χ0n) is 7.26. The van der Waals surface area contributed by atoms with Crippen LogP contribution in [0.3, 0.4) is 0 Å². The third kappa shape index (κ3) is 1.50. The number of rotatable bonds is 1. The molecule has 0 unspecified atom stereocenters. The minimum atomic E-state index is -0.457. The normalized spacial score (nSPS) is 16.6. The van der Waals surface area contributed by atoms with Gasteiger partial charge in [-0.1, -0.05) is 6.07 Å². The van der Waals surface area contributed by atoms with E-state index in [2.05, 4.69) is 0 Å². The lowest BCUT2D eigenvalue weighted by molar-refractivity contribution is 0.577. The van der Waals surface area contributed by atoms with E-state index in [1.807, 2.05) is 0 Å². The maximum absolute atomic E-state index is 13.2. The maximum atomic E-state index is 13.2. The van der Waals surface area contributed by atoms with E-state index in [-0.39, 0.29) is 5.69 Å². The van der Waals surface area contributed by atoms with E-state index < -0.39 is 11.6 Å². The largest absolute Gasteiger partial charge is 0.367 e. The van der Waals surface area contributed by atoms with Crippen LogP contribution in [0.25, 0.3) is 0 Å². The summed E-state index contributed by atoms with van der Waals surface area (Å²) in [6, 6.07) is 4.00. The highest BCUT2D eigenvalue weighted by Gasteiger charge is 2.19. The van der Waals surface area contributed by atoms with Gasteiger partial charge < -0.3 is 4.90 Å². The Hall–Kier alpha value is -1.12. The molecule has 1 aromatic carbocycles. The molecule has 0 radical (unpaired) electrons. The number of halogens is 2. The lowest BCUT2D eigenvalue weighted by atomic mass is 10.2. The topological polar surface area (TPSA) is 3.24 Å². The average Bonchev–Trinajstić information content (AvgIpc) is 2.57. The van der Waals surface area contributed by atoms with Crippen molar-refractivity contribution in [2.45, 2.75) is 12.8 Å². The van der Waals surface area contributed by atoms with Gasteiger partial charge in [0.15, 0.2) is 0 Å². The minimum absolute atomic E-state index is 0.139. The average molecular weight is 183 g/mol. The molecule has 1 nitrogen and oxygen atoms in total. The van der Waals surface area contributed by atoms with Gasteiger partial charge in [-0.25, -0.2) is 8.78 Å². The molecule has 0 saturated carbocycles. The highest BCUT2D eigenvalue weighted by atomic mass is 19.1. The van der Waals surface area contributed by atoms with Crippen LogP contribution in [0.5, 0.6) is 0 Å². The minimum Gasteiger partial charge on any atom is -0.367 e. The van der Waals surface area contributed by atoms with Gasteiger partial charge in [-0.2, -0.15) is 0 Å².